The minimum Gasteiger partial charge on any atom is -0.487 e. The first-order valence-electron chi connectivity index (χ1n) is 6.73. The largest absolute Gasteiger partial charge is 0.487 e. The Kier molecular flexibility index (Phi) is 4.80. The fourth-order valence-electron chi connectivity index (χ4n) is 2.04. The number of anilines is 1. The number of para-hydroxylation sites is 1. The molecule has 6 heteroatoms. The molecule has 0 aliphatic carbocycles. The molecule has 0 saturated heterocycles. The van der Waals surface area contributed by atoms with Crippen molar-refractivity contribution in [3.63, 3.8) is 0 Å². The molecular formula is C15H18N2O3S. The van der Waals surface area contributed by atoms with Crippen LogP contribution in [0.2, 0.25) is 0 Å². The van der Waals surface area contributed by atoms with Gasteiger partial charge < -0.3 is 10.1 Å². The van der Waals surface area contributed by atoms with Crippen LogP contribution in [-0.2, 0) is 6.54 Å². The number of aryl methyl sites for hydroxylation is 2. The van der Waals surface area contributed by atoms with Crippen molar-refractivity contribution in [2.75, 3.05) is 11.9 Å². The van der Waals surface area contributed by atoms with E-state index < -0.39 is 4.92 Å². The van der Waals surface area contributed by atoms with E-state index >= 15 is 0 Å². The molecule has 1 aromatic carbocycles. The first kappa shape index (κ1) is 15.3. The van der Waals surface area contributed by atoms with Gasteiger partial charge in [0.2, 0.25) is 0 Å². The Balaban J connectivity index is 2.22. The molecule has 5 nitrogen and oxygen atoms in total. The SMILES string of the molecule is CCOc1cccc(NCc2cc(C)c(C)s2)c1[N+](=O)[O-]. The fraction of sp³-hybridized carbons (Fsp3) is 0.333. The number of thiophene rings is 1. The Hall–Kier alpha value is -2.08. The van der Waals surface area contributed by atoms with Gasteiger partial charge in [-0.05, 0) is 44.5 Å². The molecule has 0 atom stereocenters. The van der Waals surface area contributed by atoms with Gasteiger partial charge in [-0.25, -0.2) is 0 Å². The number of nitrogens with one attached hydrogen (secondary N) is 1. The summed E-state index contributed by atoms with van der Waals surface area (Å²) in [6, 6.07) is 7.18. The summed E-state index contributed by atoms with van der Waals surface area (Å²) < 4.78 is 5.34. The van der Waals surface area contributed by atoms with Crippen LogP contribution in [0.3, 0.4) is 0 Å². The second-order valence-corrected chi connectivity index (χ2v) is 5.99. The van der Waals surface area contributed by atoms with Crippen LogP contribution in [0.15, 0.2) is 24.3 Å². The lowest BCUT2D eigenvalue weighted by atomic mass is 10.2. The van der Waals surface area contributed by atoms with E-state index in [9.17, 15) is 10.1 Å². The number of nitrogens with zero attached hydrogens (tertiary/aromatic N) is 1. The zero-order valence-electron chi connectivity index (χ0n) is 12.3. The first-order chi connectivity index (χ1) is 10.0. The summed E-state index contributed by atoms with van der Waals surface area (Å²) in [6.07, 6.45) is 0. The highest BCUT2D eigenvalue weighted by Crippen LogP contribution is 2.35. The summed E-state index contributed by atoms with van der Waals surface area (Å²) in [7, 11) is 0. The van der Waals surface area contributed by atoms with Gasteiger partial charge in [0, 0.05) is 16.3 Å². The van der Waals surface area contributed by atoms with Crippen molar-refractivity contribution in [3.05, 3.63) is 49.7 Å². The highest BCUT2D eigenvalue weighted by atomic mass is 32.1. The summed E-state index contributed by atoms with van der Waals surface area (Å²) in [5.41, 5.74) is 1.72. The van der Waals surface area contributed by atoms with Crippen molar-refractivity contribution < 1.29 is 9.66 Å². The quantitative estimate of drug-likeness (QED) is 0.639. The van der Waals surface area contributed by atoms with E-state index in [1.807, 2.05) is 0 Å². The first-order valence-corrected chi connectivity index (χ1v) is 7.54. The number of hydrogen-bond donors (Lipinski definition) is 1. The minimum atomic E-state index is -0.405. The molecule has 0 bridgehead atoms. The van der Waals surface area contributed by atoms with Crippen LogP contribution in [0.1, 0.15) is 22.2 Å². The van der Waals surface area contributed by atoms with Gasteiger partial charge in [0.25, 0.3) is 0 Å². The fourth-order valence-corrected chi connectivity index (χ4v) is 3.04. The number of nitro groups is 1. The van der Waals surface area contributed by atoms with E-state index in [1.54, 1.807) is 36.5 Å². The van der Waals surface area contributed by atoms with E-state index in [-0.39, 0.29) is 5.69 Å². The molecule has 0 aliphatic rings. The Labute approximate surface area is 127 Å². The van der Waals surface area contributed by atoms with E-state index in [4.69, 9.17) is 4.74 Å². The zero-order valence-corrected chi connectivity index (χ0v) is 13.1. The van der Waals surface area contributed by atoms with Crippen LogP contribution >= 0.6 is 11.3 Å². The van der Waals surface area contributed by atoms with Crippen LogP contribution in [-0.4, -0.2) is 11.5 Å². The molecule has 0 spiro atoms. The number of ether oxygens (including phenoxy) is 1. The maximum absolute atomic E-state index is 11.3. The molecule has 0 aliphatic heterocycles. The number of nitro benzene ring substituents is 1. The maximum Gasteiger partial charge on any atom is 0.333 e. The van der Waals surface area contributed by atoms with E-state index in [0.717, 1.165) is 4.88 Å². The van der Waals surface area contributed by atoms with Gasteiger partial charge in [0.1, 0.15) is 5.69 Å². The van der Waals surface area contributed by atoms with E-state index in [0.29, 0.717) is 24.6 Å². The van der Waals surface area contributed by atoms with Gasteiger partial charge in [-0.1, -0.05) is 6.07 Å². The topological polar surface area (TPSA) is 64.4 Å². The van der Waals surface area contributed by atoms with Crippen molar-refractivity contribution >= 4 is 22.7 Å². The summed E-state index contributed by atoms with van der Waals surface area (Å²) in [6.45, 7) is 6.90. The molecule has 0 radical (unpaired) electrons. The molecule has 0 unspecified atom stereocenters. The Morgan fingerprint density at radius 2 is 2.14 bits per heavy atom. The van der Waals surface area contributed by atoms with E-state index in [2.05, 4.69) is 25.2 Å². The molecule has 1 aromatic heterocycles. The van der Waals surface area contributed by atoms with Gasteiger partial charge in [-0.2, -0.15) is 0 Å². The minimum absolute atomic E-state index is 0.00986. The van der Waals surface area contributed by atoms with Crippen molar-refractivity contribution in [2.45, 2.75) is 27.3 Å². The van der Waals surface area contributed by atoms with Gasteiger partial charge >= 0.3 is 5.69 Å². The zero-order chi connectivity index (χ0) is 15.4. The molecule has 2 rings (SSSR count). The summed E-state index contributed by atoms with van der Waals surface area (Å²) in [5.74, 6) is 0.297. The molecule has 2 aromatic rings. The van der Waals surface area contributed by atoms with E-state index in [1.165, 1.54) is 10.4 Å². The third-order valence-corrected chi connectivity index (χ3v) is 4.30. The molecule has 0 amide bonds. The summed E-state index contributed by atoms with van der Waals surface area (Å²) in [4.78, 5) is 13.3. The van der Waals surface area contributed by atoms with Gasteiger partial charge in [0.15, 0.2) is 5.75 Å². The number of benzene rings is 1. The molecule has 112 valence electrons. The van der Waals surface area contributed by atoms with Crippen LogP contribution in [0.25, 0.3) is 0 Å². The van der Waals surface area contributed by atoms with Crippen molar-refractivity contribution in [1.82, 2.24) is 0 Å². The van der Waals surface area contributed by atoms with Gasteiger partial charge in [-0.15, -0.1) is 11.3 Å². The predicted molar refractivity (Wildman–Crippen MR) is 85.4 cm³/mol. The standard InChI is InChI=1S/C15H18N2O3S/c1-4-20-14-7-5-6-13(15(14)17(18)19)16-9-12-8-10(2)11(3)21-12/h5-8,16H,4,9H2,1-3H3. The monoisotopic (exact) mass is 306 g/mol. The van der Waals surface area contributed by atoms with Gasteiger partial charge in [0.05, 0.1) is 11.5 Å². The lowest BCUT2D eigenvalue weighted by Crippen LogP contribution is -2.04. The molecule has 1 N–H and O–H groups in total. The molecule has 0 fully saturated rings. The van der Waals surface area contributed by atoms with Crippen molar-refractivity contribution in [3.8, 4) is 5.75 Å². The van der Waals surface area contributed by atoms with Gasteiger partial charge in [-0.3, -0.25) is 10.1 Å². The summed E-state index contributed by atoms with van der Waals surface area (Å²) >= 11 is 1.70. The molecule has 21 heavy (non-hydrogen) atoms. The lowest BCUT2D eigenvalue weighted by Gasteiger charge is -2.09. The third kappa shape index (κ3) is 3.52. The number of hydrogen-bond acceptors (Lipinski definition) is 5. The third-order valence-electron chi connectivity index (χ3n) is 3.15. The molecule has 1 heterocycles. The Morgan fingerprint density at radius 3 is 2.71 bits per heavy atom. The highest BCUT2D eigenvalue weighted by molar-refractivity contribution is 7.12. The average Bonchev–Trinajstić information content (AvgIpc) is 2.75. The van der Waals surface area contributed by atoms with Crippen LogP contribution in [0, 0.1) is 24.0 Å². The smallest absolute Gasteiger partial charge is 0.333 e. The lowest BCUT2D eigenvalue weighted by molar-refractivity contribution is -0.384. The Bertz CT molecular complexity index is 633. The Morgan fingerprint density at radius 1 is 1.38 bits per heavy atom. The predicted octanol–water partition coefficient (Wildman–Crippen LogP) is 4.28. The highest BCUT2D eigenvalue weighted by Gasteiger charge is 2.20. The van der Waals surface area contributed by atoms with Crippen LogP contribution in [0.5, 0.6) is 5.75 Å². The second kappa shape index (κ2) is 6.58. The van der Waals surface area contributed by atoms with Crippen molar-refractivity contribution in [1.29, 1.82) is 0 Å². The van der Waals surface area contributed by atoms with Crippen LogP contribution in [0.4, 0.5) is 11.4 Å². The second-order valence-electron chi connectivity index (χ2n) is 4.65. The molecule has 0 saturated carbocycles. The average molecular weight is 306 g/mol. The molecular weight excluding hydrogens is 288 g/mol. The summed E-state index contributed by atoms with van der Waals surface area (Å²) in [5, 5.41) is 14.4. The normalized spacial score (nSPS) is 10.4. The number of rotatable bonds is 6. The van der Waals surface area contributed by atoms with Crippen molar-refractivity contribution in [2.24, 2.45) is 0 Å². The maximum atomic E-state index is 11.3. The van der Waals surface area contributed by atoms with Crippen LogP contribution < -0.4 is 10.1 Å².